The molecule has 0 saturated heterocycles. The molecule has 0 unspecified atom stereocenters. The van der Waals surface area contributed by atoms with Gasteiger partial charge in [-0.3, -0.25) is 0 Å². The standard InChI is InChI=1S/C12H19N/c1-3-4-9-12(13)11-8-6-5-7-10(11)2/h5-8,12H,3-4,9,13H2,1-2H3/t12-/m1/s1. The predicted molar refractivity (Wildman–Crippen MR) is 57.6 cm³/mol. The summed E-state index contributed by atoms with van der Waals surface area (Å²) in [5.74, 6) is 0. The molecule has 1 atom stereocenters. The van der Waals surface area contributed by atoms with E-state index in [1.807, 2.05) is 0 Å². The maximum absolute atomic E-state index is 6.08. The van der Waals surface area contributed by atoms with Crippen molar-refractivity contribution in [3.05, 3.63) is 35.4 Å². The molecule has 0 aromatic heterocycles. The molecular formula is C12H19N. The third-order valence-electron chi connectivity index (χ3n) is 2.46. The first-order chi connectivity index (χ1) is 6.25. The van der Waals surface area contributed by atoms with Crippen LogP contribution >= 0.6 is 0 Å². The smallest absolute Gasteiger partial charge is 0.0297 e. The number of hydrogen-bond acceptors (Lipinski definition) is 1. The normalized spacial score (nSPS) is 12.8. The second-order valence-corrected chi connectivity index (χ2v) is 3.61. The van der Waals surface area contributed by atoms with Gasteiger partial charge in [0.05, 0.1) is 0 Å². The minimum absolute atomic E-state index is 0.223. The number of nitrogens with two attached hydrogens (primary N) is 1. The summed E-state index contributed by atoms with van der Waals surface area (Å²) >= 11 is 0. The molecule has 0 spiro atoms. The van der Waals surface area contributed by atoms with Crippen molar-refractivity contribution in [2.45, 2.75) is 39.2 Å². The molecule has 1 nitrogen and oxygen atoms in total. The number of aryl methyl sites for hydroxylation is 1. The highest BCUT2D eigenvalue weighted by atomic mass is 14.6. The summed E-state index contributed by atoms with van der Waals surface area (Å²) in [7, 11) is 0. The minimum Gasteiger partial charge on any atom is -0.324 e. The molecule has 1 heteroatoms. The SMILES string of the molecule is CCCC[C@@H](N)c1ccccc1C. The molecule has 0 heterocycles. The zero-order valence-corrected chi connectivity index (χ0v) is 8.59. The van der Waals surface area contributed by atoms with Crippen molar-refractivity contribution in [2.24, 2.45) is 5.73 Å². The fraction of sp³-hybridized carbons (Fsp3) is 0.500. The lowest BCUT2D eigenvalue weighted by molar-refractivity contribution is 0.601. The highest BCUT2D eigenvalue weighted by Gasteiger charge is 2.06. The van der Waals surface area contributed by atoms with Crippen molar-refractivity contribution in [3.8, 4) is 0 Å². The Hall–Kier alpha value is -0.820. The summed E-state index contributed by atoms with van der Waals surface area (Å²) in [5.41, 5.74) is 8.69. The zero-order chi connectivity index (χ0) is 9.68. The minimum atomic E-state index is 0.223. The van der Waals surface area contributed by atoms with Gasteiger partial charge in [0.25, 0.3) is 0 Å². The lowest BCUT2D eigenvalue weighted by Gasteiger charge is -2.13. The third kappa shape index (κ3) is 2.85. The number of benzene rings is 1. The van der Waals surface area contributed by atoms with Crippen LogP contribution in [0.4, 0.5) is 0 Å². The fourth-order valence-corrected chi connectivity index (χ4v) is 1.58. The first-order valence-electron chi connectivity index (χ1n) is 5.06. The lowest BCUT2D eigenvalue weighted by Crippen LogP contribution is -2.11. The molecule has 0 amide bonds. The highest BCUT2D eigenvalue weighted by molar-refractivity contribution is 5.28. The van der Waals surface area contributed by atoms with Crippen LogP contribution in [0.25, 0.3) is 0 Å². The van der Waals surface area contributed by atoms with E-state index in [-0.39, 0.29) is 6.04 Å². The van der Waals surface area contributed by atoms with E-state index in [1.165, 1.54) is 24.0 Å². The van der Waals surface area contributed by atoms with Crippen LogP contribution in [0, 0.1) is 6.92 Å². The van der Waals surface area contributed by atoms with E-state index in [1.54, 1.807) is 0 Å². The van der Waals surface area contributed by atoms with Crippen LogP contribution in [0.15, 0.2) is 24.3 Å². The van der Waals surface area contributed by atoms with Crippen molar-refractivity contribution in [1.29, 1.82) is 0 Å². The van der Waals surface area contributed by atoms with Gasteiger partial charge < -0.3 is 5.73 Å². The Balaban J connectivity index is 2.65. The van der Waals surface area contributed by atoms with Gasteiger partial charge in [-0.05, 0) is 24.5 Å². The van der Waals surface area contributed by atoms with Gasteiger partial charge in [0.1, 0.15) is 0 Å². The summed E-state index contributed by atoms with van der Waals surface area (Å²) in [6.45, 7) is 4.33. The average Bonchev–Trinajstić information content (AvgIpc) is 2.15. The lowest BCUT2D eigenvalue weighted by atomic mass is 9.98. The molecule has 0 aliphatic rings. The Bertz CT molecular complexity index is 255. The van der Waals surface area contributed by atoms with E-state index in [0.29, 0.717) is 0 Å². The van der Waals surface area contributed by atoms with Crippen molar-refractivity contribution in [3.63, 3.8) is 0 Å². The molecule has 0 aliphatic heterocycles. The van der Waals surface area contributed by atoms with Gasteiger partial charge in [0, 0.05) is 6.04 Å². The van der Waals surface area contributed by atoms with E-state index >= 15 is 0 Å². The molecule has 0 radical (unpaired) electrons. The van der Waals surface area contributed by atoms with Gasteiger partial charge in [0.2, 0.25) is 0 Å². The van der Waals surface area contributed by atoms with Crippen LogP contribution in [-0.2, 0) is 0 Å². The Morgan fingerprint density at radius 1 is 1.31 bits per heavy atom. The topological polar surface area (TPSA) is 26.0 Å². The number of hydrogen-bond donors (Lipinski definition) is 1. The Morgan fingerprint density at radius 2 is 2.00 bits per heavy atom. The van der Waals surface area contributed by atoms with Gasteiger partial charge in [-0.1, -0.05) is 44.0 Å². The summed E-state index contributed by atoms with van der Waals surface area (Å²) in [4.78, 5) is 0. The Kier molecular flexibility index (Phi) is 3.97. The number of unbranched alkanes of at least 4 members (excludes halogenated alkanes) is 1. The summed E-state index contributed by atoms with van der Waals surface area (Å²) < 4.78 is 0. The molecule has 0 saturated carbocycles. The van der Waals surface area contributed by atoms with Crippen LogP contribution in [0.2, 0.25) is 0 Å². The van der Waals surface area contributed by atoms with Crippen molar-refractivity contribution >= 4 is 0 Å². The van der Waals surface area contributed by atoms with Gasteiger partial charge in [-0.2, -0.15) is 0 Å². The second kappa shape index (κ2) is 5.03. The zero-order valence-electron chi connectivity index (χ0n) is 8.59. The largest absolute Gasteiger partial charge is 0.324 e. The maximum atomic E-state index is 6.08. The van der Waals surface area contributed by atoms with Gasteiger partial charge in [-0.15, -0.1) is 0 Å². The van der Waals surface area contributed by atoms with E-state index in [9.17, 15) is 0 Å². The maximum Gasteiger partial charge on any atom is 0.0297 e. The Morgan fingerprint density at radius 3 is 2.62 bits per heavy atom. The Labute approximate surface area is 81.0 Å². The molecule has 0 aliphatic carbocycles. The van der Waals surface area contributed by atoms with E-state index in [4.69, 9.17) is 5.73 Å². The summed E-state index contributed by atoms with van der Waals surface area (Å²) in [6, 6.07) is 8.61. The van der Waals surface area contributed by atoms with Crippen molar-refractivity contribution in [2.75, 3.05) is 0 Å². The summed E-state index contributed by atoms with van der Waals surface area (Å²) in [6.07, 6.45) is 3.54. The molecule has 1 aromatic carbocycles. The van der Waals surface area contributed by atoms with Crippen LogP contribution in [0.3, 0.4) is 0 Å². The number of rotatable bonds is 4. The van der Waals surface area contributed by atoms with Crippen LogP contribution in [0.1, 0.15) is 43.4 Å². The molecule has 0 fully saturated rings. The van der Waals surface area contributed by atoms with Gasteiger partial charge in [-0.25, -0.2) is 0 Å². The van der Waals surface area contributed by atoms with Gasteiger partial charge in [0.15, 0.2) is 0 Å². The molecule has 13 heavy (non-hydrogen) atoms. The van der Waals surface area contributed by atoms with E-state index in [2.05, 4.69) is 38.1 Å². The van der Waals surface area contributed by atoms with Crippen LogP contribution in [-0.4, -0.2) is 0 Å². The quantitative estimate of drug-likeness (QED) is 0.751. The molecule has 1 aromatic rings. The first kappa shape index (κ1) is 10.3. The van der Waals surface area contributed by atoms with E-state index < -0.39 is 0 Å². The van der Waals surface area contributed by atoms with Gasteiger partial charge >= 0.3 is 0 Å². The molecule has 0 bridgehead atoms. The molecule has 72 valence electrons. The van der Waals surface area contributed by atoms with Crippen molar-refractivity contribution < 1.29 is 0 Å². The van der Waals surface area contributed by atoms with E-state index in [0.717, 1.165) is 6.42 Å². The summed E-state index contributed by atoms with van der Waals surface area (Å²) in [5, 5.41) is 0. The molecule has 1 rings (SSSR count). The molecular weight excluding hydrogens is 158 g/mol. The van der Waals surface area contributed by atoms with Crippen LogP contribution < -0.4 is 5.73 Å². The predicted octanol–water partition coefficient (Wildman–Crippen LogP) is 3.19. The third-order valence-corrected chi connectivity index (χ3v) is 2.46. The van der Waals surface area contributed by atoms with Crippen LogP contribution in [0.5, 0.6) is 0 Å². The second-order valence-electron chi connectivity index (χ2n) is 3.61. The average molecular weight is 177 g/mol. The fourth-order valence-electron chi connectivity index (χ4n) is 1.58. The highest BCUT2D eigenvalue weighted by Crippen LogP contribution is 2.19. The molecule has 2 N–H and O–H groups in total. The monoisotopic (exact) mass is 177 g/mol. The first-order valence-corrected chi connectivity index (χ1v) is 5.06. The van der Waals surface area contributed by atoms with Crippen molar-refractivity contribution in [1.82, 2.24) is 0 Å².